The fraction of sp³-hybridized carbons (Fsp3) is 0.263. The van der Waals surface area contributed by atoms with Gasteiger partial charge in [-0.2, -0.15) is 8.78 Å². The average molecular weight is 394 g/mol. The largest absolute Gasteiger partial charge is 0.466 e. The minimum atomic E-state index is -2.47. The number of alkyl halides is 2. The molecular formula is C19H20F2N2O3S. The van der Waals surface area contributed by atoms with E-state index in [0.29, 0.717) is 40.2 Å². The fourth-order valence-electron chi connectivity index (χ4n) is 2.27. The van der Waals surface area contributed by atoms with Crippen molar-refractivity contribution in [2.75, 3.05) is 18.5 Å². The van der Waals surface area contributed by atoms with Gasteiger partial charge in [0.25, 0.3) is 11.7 Å². The van der Waals surface area contributed by atoms with Crippen LogP contribution >= 0.6 is 11.8 Å². The van der Waals surface area contributed by atoms with Crippen molar-refractivity contribution >= 4 is 35.0 Å². The number of ether oxygens (including phenoxy) is 1. The van der Waals surface area contributed by atoms with Crippen LogP contribution in [0.15, 0.2) is 53.4 Å². The Balaban J connectivity index is 2.00. The number of carbonyl (C=O) groups excluding carboxylic acids is 2. The molecule has 8 heteroatoms. The summed E-state index contributed by atoms with van der Waals surface area (Å²) in [6.07, 6.45) is 0.0957. The molecule has 0 aliphatic carbocycles. The third-order valence-corrected chi connectivity index (χ3v) is 4.17. The first-order valence-electron chi connectivity index (χ1n) is 8.34. The third-order valence-electron chi connectivity index (χ3n) is 3.45. The maximum Gasteiger partial charge on any atom is 0.307 e. The molecule has 1 amide bonds. The second kappa shape index (κ2) is 10.5. The fourth-order valence-corrected chi connectivity index (χ4v) is 2.77. The van der Waals surface area contributed by atoms with Gasteiger partial charge in [-0.1, -0.05) is 23.9 Å². The van der Waals surface area contributed by atoms with E-state index in [4.69, 9.17) is 4.74 Å². The van der Waals surface area contributed by atoms with E-state index in [1.54, 1.807) is 55.5 Å². The molecular weight excluding hydrogens is 374 g/mol. The molecule has 0 radical (unpaired) electrons. The Bertz CT molecular complexity index is 770. The first-order valence-corrected chi connectivity index (χ1v) is 9.22. The number of thioether (sulfide) groups is 1. The molecule has 144 valence electrons. The van der Waals surface area contributed by atoms with E-state index < -0.39 is 5.76 Å². The lowest BCUT2D eigenvalue weighted by Gasteiger charge is -2.12. The van der Waals surface area contributed by atoms with Gasteiger partial charge in [-0.15, -0.1) is 0 Å². The van der Waals surface area contributed by atoms with Gasteiger partial charge in [-0.3, -0.25) is 9.59 Å². The highest BCUT2D eigenvalue weighted by atomic mass is 32.2. The van der Waals surface area contributed by atoms with Crippen molar-refractivity contribution in [3.63, 3.8) is 0 Å². The van der Waals surface area contributed by atoms with Gasteiger partial charge in [0.2, 0.25) is 0 Å². The van der Waals surface area contributed by atoms with E-state index in [2.05, 4.69) is 10.6 Å². The van der Waals surface area contributed by atoms with Crippen molar-refractivity contribution in [2.24, 2.45) is 0 Å². The maximum absolute atomic E-state index is 12.4. The average Bonchev–Trinajstić information content (AvgIpc) is 2.63. The normalized spacial score (nSPS) is 10.5. The van der Waals surface area contributed by atoms with Gasteiger partial charge in [0.1, 0.15) is 0 Å². The van der Waals surface area contributed by atoms with Crippen LogP contribution in [0.4, 0.5) is 20.2 Å². The Kier molecular flexibility index (Phi) is 8.06. The molecule has 2 rings (SSSR count). The molecule has 0 aromatic heterocycles. The second-order valence-electron chi connectivity index (χ2n) is 5.38. The van der Waals surface area contributed by atoms with Crippen molar-refractivity contribution in [2.45, 2.75) is 24.0 Å². The molecule has 0 heterocycles. The van der Waals surface area contributed by atoms with Crippen LogP contribution in [0.1, 0.15) is 23.7 Å². The van der Waals surface area contributed by atoms with Crippen LogP contribution in [0.5, 0.6) is 0 Å². The number of esters is 1. The van der Waals surface area contributed by atoms with E-state index in [-0.39, 0.29) is 24.8 Å². The number of benzene rings is 2. The van der Waals surface area contributed by atoms with E-state index >= 15 is 0 Å². The number of hydrogen-bond acceptors (Lipinski definition) is 5. The molecule has 5 nitrogen and oxygen atoms in total. The lowest BCUT2D eigenvalue weighted by molar-refractivity contribution is -0.142. The zero-order valence-corrected chi connectivity index (χ0v) is 15.5. The molecule has 0 bridgehead atoms. The quantitative estimate of drug-likeness (QED) is 0.487. The lowest BCUT2D eigenvalue weighted by Crippen LogP contribution is -2.27. The maximum atomic E-state index is 12.4. The number of halogens is 2. The number of para-hydroxylation sites is 1. The number of anilines is 2. The molecule has 2 aromatic rings. The SMILES string of the molecule is CCOC(=O)CCNC(=O)c1ccccc1Nc1ccc(SC(F)F)cc1. The van der Waals surface area contributed by atoms with E-state index in [0.717, 1.165) is 0 Å². The van der Waals surface area contributed by atoms with Gasteiger partial charge in [0, 0.05) is 17.1 Å². The summed E-state index contributed by atoms with van der Waals surface area (Å²) in [5.74, 6) is -3.17. The van der Waals surface area contributed by atoms with Gasteiger partial charge >= 0.3 is 5.97 Å². The highest BCUT2D eigenvalue weighted by Crippen LogP contribution is 2.27. The summed E-state index contributed by atoms with van der Waals surface area (Å²) in [5.41, 5.74) is 1.65. The Hall–Kier alpha value is -2.61. The minimum Gasteiger partial charge on any atom is -0.466 e. The molecule has 0 spiro atoms. The Morgan fingerprint density at radius 3 is 2.48 bits per heavy atom. The number of carbonyl (C=O) groups is 2. The van der Waals surface area contributed by atoms with Gasteiger partial charge in [0.05, 0.1) is 24.3 Å². The summed E-state index contributed by atoms with van der Waals surface area (Å²) in [6.45, 7) is 2.19. The summed E-state index contributed by atoms with van der Waals surface area (Å²) >= 11 is 0.473. The molecule has 0 aliphatic heterocycles. The summed E-state index contributed by atoms with van der Waals surface area (Å²) in [5, 5.41) is 5.78. The first-order chi connectivity index (χ1) is 13.0. The van der Waals surface area contributed by atoms with Crippen molar-refractivity contribution in [3.05, 3.63) is 54.1 Å². The van der Waals surface area contributed by atoms with Crippen molar-refractivity contribution < 1.29 is 23.1 Å². The molecule has 0 fully saturated rings. The standard InChI is InChI=1S/C19H20F2N2O3S/c1-2-26-17(24)11-12-22-18(25)15-5-3-4-6-16(15)23-13-7-9-14(10-8-13)27-19(20)21/h3-10,19,23H,2,11-12H2,1H3,(H,22,25). The van der Waals surface area contributed by atoms with Crippen molar-refractivity contribution in [1.82, 2.24) is 5.32 Å². The number of rotatable bonds is 9. The molecule has 0 saturated carbocycles. The van der Waals surface area contributed by atoms with Crippen LogP contribution in [-0.2, 0) is 9.53 Å². The predicted molar refractivity (Wildman–Crippen MR) is 102 cm³/mol. The van der Waals surface area contributed by atoms with E-state index in [9.17, 15) is 18.4 Å². The zero-order valence-electron chi connectivity index (χ0n) is 14.7. The summed E-state index contributed by atoms with van der Waals surface area (Å²) in [4.78, 5) is 24.2. The summed E-state index contributed by atoms with van der Waals surface area (Å²) < 4.78 is 29.6. The molecule has 0 atom stereocenters. The lowest BCUT2D eigenvalue weighted by atomic mass is 10.1. The topological polar surface area (TPSA) is 67.4 Å². The van der Waals surface area contributed by atoms with Crippen LogP contribution in [0, 0.1) is 0 Å². The number of nitrogens with one attached hydrogen (secondary N) is 2. The van der Waals surface area contributed by atoms with Gasteiger partial charge in [-0.05, 0) is 43.3 Å². The van der Waals surface area contributed by atoms with Crippen LogP contribution in [0.3, 0.4) is 0 Å². The molecule has 2 N–H and O–H groups in total. The Labute approximate surface area is 160 Å². The van der Waals surface area contributed by atoms with Crippen LogP contribution in [-0.4, -0.2) is 30.8 Å². The first kappa shape index (κ1) is 20.7. The summed E-state index contributed by atoms with van der Waals surface area (Å²) in [7, 11) is 0. The number of hydrogen-bond donors (Lipinski definition) is 2. The van der Waals surface area contributed by atoms with E-state index in [1.165, 1.54) is 0 Å². The monoisotopic (exact) mass is 394 g/mol. The van der Waals surface area contributed by atoms with Crippen LogP contribution in [0.2, 0.25) is 0 Å². The van der Waals surface area contributed by atoms with Gasteiger partial charge < -0.3 is 15.4 Å². The highest BCUT2D eigenvalue weighted by Gasteiger charge is 2.12. The van der Waals surface area contributed by atoms with Gasteiger partial charge in [-0.25, -0.2) is 0 Å². The third kappa shape index (κ3) is 6.90. The molecule has 0 unspecified atom stereocenters. The van der Waals surface area contributed by atoms with Crippen molar-refractivity contribution in [1.29, 1.82) is 0 Å². The summed E-state index contributed by atoms with van der Waals surface area (Å²) in [6, 6.07) is 13.4. The number of amides is 1. The van der Waals surface area contributed by atoms with Crippen LogP contribution in [0.25, 0.3) is 0 Å². The smallest absolute Gasteiger partial charge is 0.307 e. The molecule has 0 saturated heterocycles. The molecule has 27 heavy (non-hydrogen) atoms. The van der Waals surface area contributed by atoms with E-state index in [1.807, 2.05) is 0 Å². The Morgan fingerprint density at radius 2 is 1.81 bits per heavy atom. The Morgan fingerprint density at radius 1 is 1.11 bits per heavy atom. The van der Waals surface area contributed by atoms with Crippen molar-refractivity contribution in [3.8, 4) is 0 Å². The van der Waals surface area contributed by atoms with Crippen LogP contribution < -0.4 is 10.6 Å². The van der Waals surface area contributed by atoms with Gasteiger partial charge in [0.15, 0.2) is 0 Å². The predicted octanol–water partition coefficient (Wildman–Crippen LogP) is 4.43. The molecule has 0 aliphatic rings. The minimum absolute atomic E-state index is 0.0957. The second-order valence-corrected chi connectivity index (χ2v) is 6.45. The highest BCUT2D eigenvalue weighted by molar-refractivity contribution is 7.99. The molecule has 2 aromatic carbocycles. The zero-order chi connectivity index (χ0) is 19.6.